The highest BCUT2D eigenvalue weighted by molar-refractivity contribution is 5.66. The molecule has 0 saturated heterocycles. The number of benzene rings is 2. The smallest absolute Gasteiger partial charge is 0.127 e. The second-order valence-electron chi connectivity index (χ2n) is 8.63. The lowest BCUT2D eigenvalue weighted by Crippen LogP contribution is -2.18. The van der Waals surface area contributed by atoms with Gasteiger partial charge < -0.3 is 11.1 Å². The Kier molecular flexibility index (Phi) is 6.95. The van der Waals surface area contributed by atoms with Crippen molar-refractivity contribution >= 4 is 11.5 Å². The summed E-state index contributed by atoms with van der Waals surface area (Å²) >= 11 is 0. The molecular formula is C27H30N4O. The fourth-order valence-corrected chi connectivity index (χ4v) is 4.42. The maximum atomic E-state index is 11.0. The zero-order valence-corrected chi connectivity index (χ0v) is 18.5. The molecule has 0 amide bonds. The first-order valence-electron chi connectivity index (χ1n) is 11.3. The number of anilines is 1. The van der Waals surface area contributed by atoms with Crippen LogP contribution in [-0.4, -0.2) is 11.0 Å². The quantitative estimate of drug-likeness (QED) is 0.399. The van der Waals surface area contributed by atoms with Crippen LogP contribution in [0.1, 0.15) is 43.7 Å². The van der Waals surface area contributed by atoms with E-state index in [0.717, 1.165) is 34.8 Å². The molecule has 32 heavy (non-hydrogen) atoms. The van der Waals surface area contributed by atoms with E-state index in [1.165, 1.54) is 31.2 Å². The van der Waals surface area contributed by atoms with Gasteiger partial charge in [-0.1, -0.05) is 55.3 Å². The van der Waals surface area contributed by atoms with Crippen molar-refractivity contribution in [1.29, 1.82) is 0 Å². The molecule has 0 aliphatic heterocycles. The number of allylic oxidation sites excluding steroid dienone is 1. The van der Waals surface area contributed by atoms with Crippen LogP contribution in [0.3, 0.4) is 0 Å². The molecule has 1 aliphatic rings. The van der Waals surface area contributed by atoms with Crippen LogP contribution in [0.4, 0.5) is 11.5 Å². The fourth-order valence-electron chi connectivity index (χ4n) is 4.42. The molecule has 1 fully saturated rings. The Balaban J connectivity index is 1.63. The number of nitroso groups, excluding NO2 is 1. The summed E-state index contributed by atoms with van der Waals surface area (Å²) in [6, 6.07) is 21.9. The van der Waals surface area contributed by atoms with Crippen molar-refractivity contribution in [2.75, 3.05) is 5.32 Å². The van der Waals surface area contributed by atoms with Crippen molar-refractivity contribution in [1.82, 2.24) is 4.98 Å². The van der Waals surface area contributed by atoms with Gasteiger partial charge in [-0.2, -0.15) is 0 Å². The Labute approximate surface area is 189 Å². The first-order chi connectivity index (χ1) is 15.6. The molecule has 2 aromatic carbocycles. The van der Waals surface area contributed by atoms with Crippen LogP contribution in [-0.2, 0) is 6.42 Å². The van der Waals surface area contributed by atoms with Crippen molar-refractivity contribution in [3.05, 3.63) is 94.5 Å². The molecule has 1 aromatic heterocycles. The third-order valence-electron chi connectivity index (χ3n) is 6.03. The van der Waals surface area contributed by atoms with Crippen LogP contribution >= 0.6 is 0 Å². The van der Waals surface area contributed by atoms with Crippen LogP contribution in [0.2, 0.25) is 0 Å². The summed E-state index contributed by atoms with van der Waals surface area (Å²) in [4.78, 5) is 15.9. The van der Waals surface area contributed by atoms with Crippen molar-refractivity contribution in [3.8, 4) is 11.3 Å². The minimum Gasteiger partial charge on any atom is -0.402 e. The Morgan fingerprint density at radius 1 is 1.09 bits per heavy atom. The summed E-state index contributed by atoms with van der Waals surface area (Å²) in [5, 5.41) is 6.58. The van der Waals surface area contributed by atoms with Crippen molar-refractivity contribution in [3.63, 3.8) is 0 Å². The molecule has 5 heteroatoms. The van der Waals surface area contributed by atoms with E-state index < -0.39 is 0 Å². The largest absolute Gasteiger partial charge is 0.402 e. The lowest BCUT2D eigenvalue weighted by atomic mass is 10.0. The average molecular weight is 427 g/mol. The van der Waals surface area contributed by atoms with E-state index >= 15 is 0 Å². The van der Waals surface area contributed by atoms with Crippen LogP contribution in [0.15, 0.2) is 83.7 Å². The Hall–Kier alpha value is -3.47. The van der Waals surface area contributed by atoms with E-state index in [2.05, 4.69) is 59.9 Å². The number of aromatic nitrogens is 1. The van der Waals surface area contributed by atoms with E-state index in [1.807, 2.05) is 18.2 Å². The van der Waals surface area contributed by atoms with Crippen molar-refractivity contribution in [2.45, 2.75) is 45.1 Å². The summed E-state index contributed by atoms with van der Waals surface area (Å²) in [7, 11) is 0. The topological polar surface area (TPSA) is 80.4 Å². The molecule has 1 aliphatic carbocycles. The summed E-state index contributed by atoms with van der Waals surface area (Å²) in [5.74, 6) is 1.30. The molecule has 0 radical (unpaired) electrons. The zero-order chi connectivity index (χ0) is 22.3. The second kappa shape index (κ2) is 10.2. The lowest BCUT2D eigenvalue weighted by Gasteiger charge is -2.17. The summed E-state index contributed by atoms with van der Waals surface area (Å²) in [6.07, 6.45) is 7.82. The Morgan fingerprint density at radius 3 is 2.62 bits per heavy atom. The van der Waals surface area contributed by atoms with Gasteiger partial charge in [0.2, 0.25) is 0 Å². The molecule has 5 nitrogen and oxygen atoms in total. The van der Waals surface area contributed by atoms with Gasteiger partial charge in [0.15, 0.2) is 0 Å². The SMILES string of the molecule is CC(/C=C(\N)C1CCCC1)Nc1cc(Cc2ccccc2)cc(-c2cccc(N=O)c2)n1. The number of nitrogens with two attached hydrogens (primary N) is 1. The van der Waals surface area contributed by atoms with Crippen LogP contribution in [0, 0.1) is 10.8 Å². The Morgan fingerprint density at radius 2 is 1.88 bits per heavy atom. The second-order valence-corrected chi connectivity index (χ2v) is 8.63. The number of hydrogen-bond donors (Lipinski definition) is 2. The predicted octanol–water partition coefficient (Wildman–Crippen LogP) is 6.57. The zero-order valence-electron chi connectivity index (χ0n) is 18.5. The van der Waals surface area contributed by atoms with Gasteiger partial charge in [0.25, 0.3) is 0 Å². The maximum Gasteiger partial charge on any atom is 0.127 e. The first kappa shape index (κ1) is 21.8. The van der Waals surface area contributed by atoms with E-state index in [-0.39, 0.29) is 6.04 Å². The molecule has 1 heterocycles. The highest BCUT2D eigenvalue weighted by Crippen LogP contribution is 2.29. The molecule has 0 spiro atoms. The van der Waals surface area contributed by atoms with Crippen LogP contribution in [0.5, 0.6) is 0 Å². The maximum absolute atomic E-state index is 11.0. The molecule has 1 atom stereocenters. The Bertz CT molecular complexity index is 1090. The third-order valence-corrected chi connectivity index (χ3v) is 6.03. The number of rotatable bonds is 8. The minimum atomic E-state index is 0.0610. The highest BCUT2D eigenvalue weighted by atomic mass is 16.3. The molecule has 0 bridgehead atoms. The van der Waals surface area contributed by atoms with E-state index in [0.29, 0.717) is 11.6 Å². The number of nitrogens with one attached hydrogen (secondary N) is 1. The minimum absolute atomic E-state index is 0.0610. The van der Waals surface area contributed by atoms with Gasteiger partial charge in [-0.05, 0) is 78.7 Å². The van der Waals surface area contributed by atoms with Crippen LogP contribution < -0.4 is 11.1 Å². The van der Waals surface area contributed by atoms with Gasteiger partial charge in [-0.3, -0.25) is 0 Å². The fraction of sp³-hybridized carbons (Fsp3) is 0.296. The molecule has 4 rings (SSSR count). The number of hydrogen-bond acceptors (Lipinski definition) is 5. The molecular weight excluding hydrogens is 396 g/mol. The van der Waals surface area contributed by atoms with E-state index in [1.54, 1.807) is 12.1 Å². The molecule has 164 valence electrons. The van der Waals surface area contributed by atoms with Crippen molar-refractivity contribution in [2.24, 2.45) is 16.8 Å². The molecule has 1 saturated carbocycles. The van der Waals surface area contributed by atoms with E-state index in [4.69, 9.17) is 10.7 Å². The van der Waals surface area contributed by atoms with Gasteiger partial charge in [0.05, 0.1) is 5.69 Å². The normalized spacial score (nSPS) is 15.5. The standard InChI is InChI=1S/C27H30N4O/c1-19(14-25(28)22-10-5-6-11-22)29-27-17-21(15-20-8-3-2-4-9-20)16-26(30-27)23-12-7-13-24(18-23)31-32/h2-4,7-9,12-14,16-19,22H,5-6,10-11,15,28H2,1H3,(H,29,30)/b25-14-. The van der Waals surface area contributed by atoms with E-state index in [9.17, 15) is 4.91 Å². The van der Waals surface area contributed by atoms with Crippen LogP contribution in [0.25, 0.3) is 11.3 Å². The van der Waals surface area contributed by atoms with Gasteiger partial charge >= 0.3 is 0 Å². The average Bonchev–Trinajstić information content (AvgIpc) is 3.35. The van der Waals surface area contributed by atoms with Crippen molar-refractivity contribution < 1.29 is 0 Å². The highest BCUT2D eigenvalue weighted by Gasteiger charge is 2.18. The lowest BCUT2D eigenvalue weighted by molar-refractivity contribution is 0.629. The first-order valence-corrected chi connectivity index (χ1v) is 11.3. The predicted molar refractivity (Wildman–Crippen MR) is 132 cm³/mol. The third kappa shape index (κ3) is 5.61. The van der Waals surface area contributed by atoms with Gasteiger partial charge in [-0.25, -0.2) is 4.98 Å². The molecule has 3 aromatic rings. The van der Waals surface area contributed by atoms with Gasteiger partial charge in [0, 0.05) is 17.3 Å². The van der Waals surface area contributed by atoms with Gasteiger partial charge in [-0.15, -0.1) is 4.91 Å². The molecule has 1 unspecified atom stereocenters. The van der Waals surface area contributed by atoms with Gasteiger partial charge in [0.1, 0.15) is 11.5 Å². The summed E-state index contributed by atoms with van der Waals surface area (Å²) < 4.78 is 0. The number of pyridine rings is 1. The number of nitrogens with zero attached hydrogens (tertiary/aromatic N) is 2. The summed E-state index contributed by atoms with van der Waals surface area (Å²) in [5.41, 5.74) is 11.8. The molecule has 3 N–H and O–H groups in total. The monoisotopic (exact) mass is 426 g/mol. The summed E-state index contributed by atoms with van der Waals surface area (Å²) in [6.45, 7) is 2.10.